The maximum atomic E-state index is 14.2. The SMILES string of the molecule is O=C(C(c1ccccc1)n1cccn1)N1CCC(F)(C(=O)O)C1. The summed E-state index contributed by atoms with van der Waals surface area (Å²) in [5.41, 5.74) is -1.66. The van der Waals surface area contributed by atoms with Gasteiger partial charge in [-0.3, -0.25) is 9.48 Å². The number of halogens is 1. The quantitative estimate of drug-likeness (QED) is 0.927. The van der Waals surface area contributed by atoms with Crippen LogP contribution in [0.25, 0.3) is 0 Å². The van der Waals surface area contributed by atoms with E-state index in [0.29, 0.717) is 5.56 Å². The number of carboxylic acids is 1. The lowest BCUT2D eigenvalue weighted by Crippen LogP contribution is -2.41. The minimum absolute atomic E-state index is 0.0756. The molecule has 23 heavy (non-hydrogen) atoms. The number of aliphatic carboxylic acids is 1. The molecule has 1 aromatic carbocycles. The molecule has 2 heterocycles. The van der Waals surface area contributed by atoms with Crippen LogP contribution in [0.4, 0.5) is 4.39 Å². The highest BCUT2D eigenvalue weighted by Crippen LogP contribution is 2.29. The van der Waals surface area contributed by atoms with E-state index in [0.717, 1.165) is 0 Å². The van der Waals surface area contributed by atoms with E-state index in [1.165, 1.54) is 9.58 Å². The number of carbonyl (C=O) groups is 2. The number of rotatable bonds is 4. The van der Waals surface area contributed by atoms with Crippen LogP contribution in [0.5, 0.6) is 0 Å². The fraction of sp³-hybridized carbons (Fsp3) is 0.312. The molecule has 2 atom stereocenters. The standard InChI is InChI=1S/C16H16FN3O3/c17-16(15(22)23)7-10-19(11-16)14(21)13(20-9-4-8-18-20)12-5-2-1-3-6-12/h1-6,8-9,13H,7,10-11H2,(H,22,23). The highest BCUT2D eigenvalue weighted by molar-refractivity contribution is 5.86. The Labute approximate surface area is 132 Å². The highest BCUT2D eigenvalue weighted by Gasteiger charge is 2.48. The third-order valence-corrected chi connectivity index (χ3v) is 4.05. The Hall–Kier alpha value is -2.70. The molecule has 0 saturated carbocycles. The van der Waals surface area contributed by atoms with Crippen LogP contribution in [0.3, 0.4) is 0 Å². The van der Waals surface area contributed by atoms with E-state index in [9.17, 15) is 14.0 Å². The number of carboxylic acid groups (broad SMARTS) is 1. The van der Waals surface area contributed by atoms with Crippen molar-refractivity contribution in [1.82, 2.24) is 14.7 Å². The van der Waals surface area contributed by atoms with Crippen molar-refractivity contribution in [2.24, 2.45) is 0 Å². The smallest absolute Gasteiger partial charge is 0.343 e. The maximum Gasteiger partial charge on any atom is 0.343 e. The minimum Gasteiger partial charge on any atom is -0.479 e. The van der Waals surface area contributed by atoms with Crippen LogP contribution < -0.4 is 0 Å². The van der Waals surface area contributed by atoms with Crippen molar-refractivity contribution >= 4 is 11.9 Å². The Morgan fingerprint density at radius 1 is 1.26 bits per heavy atom. The van der Waals surface area contributed by atoms with Crippen LogP contribution in [0, 0.1) is 0 Å². The lowest BCUT2D eigenvalue weighted by atomic mass is 10.1. The van der Waals surface area contributed by atoms with Gasteiger partial charge in [0.15, 0.2) is 6.04 Å². The van der Waals surface area contributed by atoms with E-state index in [1.807, 2.05) is 6.07 Å². The molecule has 1 N–H and O–H groups in total. The maximum absolute atomic E-state index is 14.2. The molecule has 0 radical (unpaired) electrons. The topological polar surface area (TPSA) is 75.4 Å². The Morgan fingerprint density at radius 2 is 2.00 bits per heavy atom. The van der Waals surface area contributed by atoms with E-state index in [-0.39, 0.29) is 18.9 Å². The van der Waals surface area contributed by atoms with Crippen molar-refractivity contribution in [2.45, 2.75) is 18.1 Å². The number of aromatic nitrogens is 2. The third-order valence-electron chi connectivity index (χ3n) is 4.05. The Morgan fingerprint density at radius 3 is 2.57 bits per heavy atom. The lowest BCUT2D eigenvalue weighted by Gasteiger charge is -2.24. The number of hydrogen-bond donors (Lipinski definition) is 1. The van der Waals surface area contributed by atoms with E-state index in [2.05, 4.69) is 5.10 Å². The largest absolute Gasteiger partial charge is 0.479 e. The van der Waals surface area contributed by atoms with Gasteiger partial charge in [-0.05, 0) is 11.6 Å². The summed E-state index contributed by atoms with van der Waals surface area (Å²) in [4.78, 5) is 25.1. The molecule has 1 aromatic heterocycles. The summed E-state index contributed by atoms with van der Waals surface area (Å²) in [6.45, 7) is -0.363. The number of hydrogen-bond acceptors (Lipinski definition) is 3. The molecule has 1 amide bonds. The number of nitrogens with zero attached hydrogens (tertiary/aromatic N) is 3. The Balaban J connectivity index is 1.90. The zero-order valence-corrected chi connectivity index (χ0v) is 12.3. The molecule has 2 aromatic rings. The van der Waals surface area contributed by atoms with Crippen LogP contribution in [0.1, 0.15) is 18.0 Å². The van der Waals surface area contributed by atoms with Crippen LogP contribution in [0.2, 0.25) is 0 Å². The lowest BCUT2D eigenvalue weighted by molar-refractivity contribution is -0.150. The second-order valence-corrected chi connectivity index (χ2v) is 5.58. The summed E-state index contributed by atoms with van der Waals surface area (Å²) >= 11 is 0. The fourth-order valence-corrected chi connectivity index (χ4v) is 2.79. The monoisotopic (exact) mass is 317 g/mol. The first kappa shape index (κ1) is 15.2. The summed E-state index contributed by atoms with van der Waals surface area (Å²) in [5.74, 6) is -1.89. The van der Waals surface area contributed by atoms with Gasteiger partial charge in [-0.15, -0.1) is 0 Å². The molecule has 0 aliphatic carbocycles. The molecular formula is C16H16FN3O3. The van der Waals surface area contributed by atoms with Crippen molar-refractivity contribution < 1.29 is 19.1 Å². The Bertz CT molecular complexity index is 705. The number of benzene rings is 1. The normalized spacial score (nSPS) is 22.0. The zero-order valence-electron chi connectivity index (χ0n) is 12.3. The third kappa shape index (κ3) is 2.81. The second-order valence-electron chi connectivity index (χ2n) is 5.58. The van der Waals surface area contributed by atoms with Gasteiger partial charge in [-0.2, -0.15) is 5.10 Å². The molecule has 2 unspecified atom stereocenters. The molecule has 6 nitrogen and oxygen atoms in total. The van der Waals surface area contributed by atoms with E-state index in [1.54, 1.807) is 42.7 Å². The molecule has 1 aliphatic heterocycles. The molecule has 0 spiro atoms. The first-order chi connectivity index (χ1) is 11.0. The number of likely N-dealkylation sites (tertiary alicyclic amines) is 1. The van der Waals surface area contributed by atoms with Crippen molar-refractivity contribution in [2.75, 3.05) is 13.1 Å². The van der Waals surface area contributed by atoms with Crippen LogP contribution in [0.15, 0.2) is 48.8 Å². The highest BCUT2D eigenvalue weighted by atomic mass is 19.1. The van der Waals surface area contributed by atoms with E-state index < -0.39 is 24.2 Å². The van der Waals surface area contributed by atoms with E-state index in [4.69, 9.17) is 5.11 Å². The molecule has 120 valence electrons. The van der Waals surface area contributed by atoms with Crippen molar-refractivity contribution in [3.63, 3.8) is 0 Å². The van der Waals surface area contributed by atoms with Crippen molar-refractivity contribution in [1.29, 1.82) is 0 Å². The molecular weight excluding hydrogens is 301 g/mol. The molecule has 7 heteroatoms. The number of amides is 1. The summed E-state index contributed by atoms with van der Waals surface area (Å²) in [6, 6.07) is 9.99. The minimum atomic E-state index is -2.37. The average molecular weight is 317 g/mol. The first-order valence-electron chi connectivity index (χ1n) is 7.26. The molecule has 1 aliphatic rings. The zero-order chi connectivity index (χ0) is 16.4. The summed E-state index contributed by atoms with van der Waals surface area (Å²) < 4.78 is 15.7. The van der Waals surface area contributed by atoms with Gasteiger partial charge in [0, 0.05) is 25.4 Å². The van der Waals surface area contributed by atoms with Crippen LogP contribution in [-0.4, -0.2) is 50.4 Å². The average Bonchev–Trinajstić information content (AvgIpc) is 3.19. The summed E-state index contributed by atoms with van der Waals surface area (Å²) in [6.07, 6.45) is 3.02. The fourth-order valence-electron chi connectivity index (χ4n) is 2.79. The predicted molar refractivity (Wildman–Crippen MR) is 79.5 cm³/mol. The van der Waals surface area contributed by atoms with Crippen molar-refractivity contribution in [3.05, 3.63) is 54.4 Å². The molecule has 0 bridgehead atoms. The summed E-state index contributed by atoms with van der Waals surface area (Å²) in [7, 11) is 0. The molecule has 1 fully saturated rings. The van der Waals surface area contributed by atoms with Gasteiger partial charge in [0.2, 0.25) is 5.67 Å². The summed E-state index contributed by atoms with van der Waals surface area (Å²) in [5, 5.41) is 13.1. The van der Waals surface area contributed by atoms with Gasteiger partial charge in [0.05, 0.1) is 6.54 Å². The van der Waals surface area contributed by atoms with E-state index >= 15 is 0 Å². The number of carbonyl (C=O) groups excluding carboxylic acids is 1. The molecule has 3 rings (SSSR count). The van der Waals surface area contributed by atoms with Gasteiger partial charge in [0.1, 0.15) is 0 Å². The first-order valence-corrected chi connectivity index (χ1v) is 7.26. The molecule has 1 saturated heterocycles. The number of alkyl halides is 1. The van der Waals surface area contributed by atoms with Gasteiger partial charge < -0.3 is 10.0 Å². The van der Waals surface area contributed by atoms with Crippen LogP contribution in [-0.2, 0) is 9.59 Å². The Kier molecular flexibility index (Phi) is 3.85. The van der Waals surface area contributed by atoms with Gasteiger partial charge >= 0.3 is 5.97 Å². The van der Waals surface area contributed by atoms with Crippen molar-refractivity contribution in [3.8, 4) is 0 Å². The predicted octanol–water partition coefficient (Wildman–Crippen LogP) is 1.50. The van der Waals surface area contributed by atoms with Crippen LogP contribution >= 0.6 is 0 Å². The van der Waals surface area contributed by atoms with Gasteiger partial charge in [-0.25, -0.2) is 9.18 Å². The second kappa shape index (κ2) is 5.83. The van der Waals surface area contributed by atoms with Gasteiger partial charge in [0.25, 0.3) is 5.91 Å². The van der Waals surface area contributed by atoms with Gasteiger partial charge in [-0.1, -0.05) is 30.3 Å².